The van der Waals surface area contributed by atoms with Gasteiger partial charge in [-0.2, -0.15) is 0 Å². The second-order valence-corrected chi connectivity index (χ2v) is 10.0. The maximum Gasteiger partial charge on any atom is 0.300 e. The third-order valence-corrected chi connectivity index (χ3v) is 6.55. The number of aliphatic hydroxyl groups is 1. The molecular formula is C30H29NO6. The lowest BCUT2D eigenvalue weighted by atomic mass is 9.84. The molecular weight excluding hydrogens is 470 g/mol. The minimum absolute atomic E-state index is 0.0258. The van der Waals surface area contributed by atoms with Crippen molar-refractivity contribution in [2.45, 2.75) is 39.2 Å². The van der Waals surface area contributed by atoms with Gasteiger partial charge in [0.2, 0.25) is 6.79 Å². The minimum Gasteiger partial charge on any atom is -0.507 e. The molecule has 1 atom stereocenters. The molecule has 0 spiro atoms. The number of ether oxygens (including phenoxy) is 3. The first-order chi connectivity index (χ1) is 17.7. The summed E-state index contributed by atoms with van der Waals surface area (Å²) >= 11 is 0. The van der Waals surface area contributed by atoms with Crippen LogP contribution in [0.1, 0.15) is 50.4 Å². The van der Waals surface area contributed by atoms with Crippen LogP contribution in [0.3, 0.4) is 0 Å². The van der Waals surface area contributed by atoms with Crippen molar-refractivity contribution in [2.75, 3.05) is 18.3 Å². The lowest BCUT2D eigenvalue weighted by molar-refractivity contribution is -0.132. The van der Waals surface area contributed by atoms with E-state index in [1.54, 1.807) is 30.3 Å². The van der Waals surface area contributed by atoms with Gasteiger partial charge in [0.1, 0.15) is 11.5 Å². The van der Waals surface area contributed by atoms with Crippen LogP contribution in [-0.4, -0.2) is 30.2 Å². The van der Waals surface area contributed by atoms with Crippen molar-refractivity contribution in [3.05, 3.63) is 89.0 Å². The second-order valence-electron chi connectivity index (χ2n) is 10.0. The van der Waals surface area contributed by atoms with Gasteiger partial charge in [-0.15, -0.1) is 0 Å². The van der Waals surface area contributed by atoms with Crippen LogP contribution in [0.15, 0.2) is 72.3 Å². The van der Waals surface area contributed by atoms with E-state index in [0.717, 1.165) is 5.56 Å². The van der Waals surface area contributed by atoms with E-state index in [2.05, 4.69) is 20.8 Å². The number of carbonyl (C=O) groups excluding carboxylic acids is 2. The monoisotopic (exact) mass is 499 g/mol. The standard InChI is InChI=1S/C30H29NO6/c1-5-35-22-13-11-19(15-21(22)30(2,3)4)27(32)25-26(18-9-7-6-8-10-18)31(29(34)28(25)33)20-12-14-23-24(16-20)37-17-36-23/h6-16,26,32H,5,17H2,1-4H3/b27-25+. The summed E-state index contributed by atoms with van der Waals surface area (Å²) in [4.78, 5) is 28.3. The molecule has 2 heterocycles. The van der Waals surface area contributed by atoms with E-state index in [9.17, 15) is 14.7 Å². The Kier molecular flexibility index (Phi) is 6.15. The number of rotatable bonds is 5. The van der Waals surface area contributed by atoms with Crippen LogP contribution >= 0.6 is 0 Å². The smallest absolute Gasteiger partial charge is 0.300 e. The molecule has 1 saturated heterocycles. The van der Waals surface area contributed by atoms with Crippen molar-refractivity contribution in [1.29, 1.82) is 0 Å². The summed E-state index contributed by atoms with van der Waals surface area (Å²) in [5.74, 6) is 0.0654. The van der Waals surface area contributed by atoms with E-state index in [1.807, 2.05) is 43.3 Å². The summed E-state index contributed by atoms with van der Waals surface area (Å²) in [5.41, 5.74) is 2.25. The molecule has 0 bridgehead atoms. The van der Waals surface area contributed by atoms with Crippen molar-refractivity contribution in [1.82, 2.24) is 0 Å². The highest BCUT2D eigenvalue weighted by Gasteiger charge is 2.47. The number of hydrogen-bond acceptors (Lipinski definition) is 6. The maximum absolute atomic E-state index is 13.5. The predicted molar refractivity (Wildman–Crippen MR) is 140 cm³/mol. The maximum atomic E-state index is 13.5. The molecule has 190 valence electrons. The number of fused-ring (bicyclic) bond motifs is 1. The fourth-order valence-electron chi connectivity index (χ4n) is 4.78. The molecule has 3 aromatic carbocycles. The van der Waals surface area contributed by atoms with Gasteiger partial charge in [-0.1, -0.05) is 51.1 Å². The van der Waals surface area contributed by atoms with Crippen molar-refractivity contribution >= 4 is 23.1 Å². The van der Waals surface area contributed by atoms with Gasteiger partial charge in [-0.3, -0.25) is 14.5 Å². The Morgan fingerprint density at radius 2 is 1.73 bits per heavy atom. The Morgan fingerprint density at radius 1 is 1.00 bits per heavy atom. The highest BCUT2D eigenvalue weighted by atomic mass is 16.7. The molecule has 0 saturated carbocycles. The minimum atomic E-state index is -0.828. The average Bonchev–Trinajstić information content (AvgIpc) is 3.45. The SMILES string of the molecule is CCOc1ccc(/C(O)=C2\C(=O)C(=O)N(c3ccc4c(c3)OCO4)C2c2ccccc2)cc1C(C)(C)C. The van der Waals surface area contributed by atoms with Gasteiger partial charge in [0, 0.05) is 22.9 Å². The molecule has 1 unspecified atom stereocenters. The Balaban J connectivity index is 1.69. The number of ketones is 1. The van der Waals surface area contributed by atoms with Crippen molar-refractivity contribution in [3.8, 4) is 17.2 Å². The van der Waals surface area contributed by atoms with E-state index >= 15 is 0 Å². The number of benzene rings is 3. The number of Topliss-reactive ketones (excluding diaryl/α,β-unsaturated/α-hetero) is 1. The molecule has 1 amide bonds. The zero-order valence-corrected chi connectivity index (χ0v) is 21.3. The zero-order valence-electron chi connectivity index (χ0n) is 21.3. The summed E-state index contributed by atoms with van der Waals surface area (Å²) in [7, 11) is 0. The molecule has 1 fully saturated rings. The number of hydrogen-bond donors (Lipinski definition) is 1. The molecule has 2 aliphatic rings. The molecule has 0 aromatic heterocycles. The molecule has 1 N–H and O–H groups in total. The average molecular weight is 500 g/mol. The fraction of sp³-hybridized carbons (Fsp3) is 0.267. The van der Waals surface area contributed by atoms with Gasteiger partial charge in [0.05, 0.1) is 18.2 Å². The molecule has 0 radical (unpaired) electrons. The normalized spacial score (nSPS) is 18.4. The quantitative estimate of drug-likeness (QED) is 0.274. The Bertz CT molecular complexity index is 1400. The highest BCUT2D eigenvalue weighted by Crippen LogP contribution is 2.45. The molecule has 3 aromatic rings. The summed E-state index contributed by atoms with van der Waals surface area (Å²) in [6.07, 6.45) is 0. The van der Waals surface area contributed by atoms with Gasteiger partial charge < -0.3 is 19.3 Å². The second kappa shape index (κ2) is 9.32. The summed E-state index contributed by atoms with van der Waals surface area (Å²) in [6, 6.07) is 18.8. The lowest BCUT2D eigenvalue weighted by Crippen LogP contribution is -2.29. The first-order valence-corrected chi connectivity index (χ1v) is 12.2. The zero-order chi connectivity index (χ0) is 26.3. The third kappa shape index (κ3) is 4.31. The Labute approximate surface area is 215 Å². The van der Waals surface area contributed by atoms with Gasteiger partial charge in [-0.25, -0.2) is 0 Å². The van der Waals surface area contributed by atoms with Crippen LogP contribution < -0.4 is 19.1 Å². The van der Waals surface area contributed by atoms with Crippen molar-refractivity contribution in [3.63, 3.8) is 0 Å². The molecule has 7 heteroatoms. The molecule has 5 rings (SSSR count). The topological polar surface area (TPSA) is 85.3 Å². The van der Waals surface area contributed by atoms with E-state index in [-0.39, 0.29) is 23.5 Å². The van der Waals surface area contributed by atoms with Crippen LogP contribution in [0.4, 0.5) is 5.69 Å². The van der Waals surface area contributed by atoms with Gasteiger partial charge in [0.15, 0.2) is 11.5 Å². The number of carbonyl (C=O) groups is 2. The van der Waals surface area contributed by atoms with Gasteiger partial charge in [0.25, 0.3) is 11.7 Å². The van der Waals surface area contributed by atoms with Gasteiger partial charge in [-0.05, 0) is 48.2 Å². The van der Waals surface area contributed by atoms with Crippen LogP contribution in [0.5, 0.6) is 17.2 Å². The number of nitrogens with zero attached hydrogens (tertiary/aromatic N) is 1. The van der Waals surface area contributed by atoms with E-state index < -0.39 is 17.7 Å². The van der Waals surface area contributed by atoms with E-state index in [1.165, 1.54) is 4.90 Å². The first kappa shape index (κ1) is 24.4. The largest absolute Gasteiger partial charge is 0.507 e. The van der Waals surface area contributed by atoms with Crippen LogP contribution in [-0.2, 0) is 15.0 Å². The van der Waals surface area contributed by atoms with Crippen LogP contribution in [0.25, 0.3) is 5.76 Å². The highest BCUT2D eigenvalue weighted by molar-refractivity contribution is 6.51. The Hall–Kier alpha value is -4.26. The van der Waals surface area contributed by atoms with Crippen LogP contribution in [0, 0.1) is 0 Å². The van der Waals surface area contributed by atoms with Crippen LogP contribution in [0.2, 0.25) is 0 Å². The number of anilines is 1. The van der Waals surface area contributed by atoms with E-state index in [4.69, 9.17) is 14.2 Å². The Morgan fingerprint density at radius 3 is 2.43 bits per heavy atom. The summed E-state index contributed by atoms with van der Waals surface area (Å²) in [6.45, 7) is 8.67. The van der Waals surface area contributed by atoms with Gasteiger partial charge >= 0.3 is 0 Å². The molecule has 2 aliphatic heterocycles. The first-order valence-electron chi connectivity index (χ1n) is 12.2. The van der Waals surface area contributed by atoms with Crippen molar-refractivity contribution < 1.29 is 28.9 Å². The summed E-state index contributed by atoms with van der Waals surface area (Å²) in [5, 5.41) is 11.6. The molecule has 0 aliphatic carbocycles. The fourth-order valence-corrected chi connectivity index (χ4v) is 4.78. The van der Waals surface area contributed by atoms with Crippen molar-refractivity contribution in [2.24, 2.45) is 0 Å². The number of amides is 1. The summed E-state index contributed by atoms with van der Waals surface area (Å²) < 4.78 is 16.7. The lowest BCUT2D eigenvalue weighted by Gasteiger charge is -2.26. The third-order valence-electron chi connectivity index (χ3n) is 6.55. The molecule has 7 nitrogen and oxygen atoms in total. The molecule has 37 heavy (non-hydrogen) atoms. The number of aliphatic hydroxyl groups excluding tert-OH is 1. The van der Waals surface area contributed by atoms with E-state index in [0.29, 0.717) is 40.7 Å². The predicted octanol–water partition coefficient (Wildman–Crippen LogP) is 5.74.